The normalized spacial score (nSPS) is 11.8. The molecule has 0 atom stereocenters. The first-order valence-electron chi connectivity index (χ1n) is 7.69. The molecule has 0 aliphatic carbocycles. The molecule has 0 aliphatic heterocycles. The Morgan fingerprint density at radius 1 is 1.20 bits per heavy atom. The molecule has 0 saturated heterocycles. The minimum absolute atomic E-state index is 0.177. The fraction of sp³-hybridized carbons (Fsp3) is 0.222. The lowest BCUT2D eigenvalue weighted by molar-refractivity contribution is 0.358. The molecule has 3 rings (SSSR count). The summed E-state index contributed by atoms with van der Waals surface area (Å²) in [7, 11) is -2.11. The lowest BCUT2D eigenvalue weighted by Crippen LogP contribution is -2.30. The number of hydrogen-bond acceptors (Lipinski definition) is 5. The van der Waals surface area contributed by atoms with Crippen LogP contribution in [0.25, 0.3) is 0 Å². The maximum Gasteiger partial charge on any atom is 0.243 e. The summed E-state index contributed by atoms with van der Waals surface area (Å²) in [5.41, 5.74) is 1.72. The molecule has 0 radical (unpaired) electrons. The van der Waals surface area contributed by atoms with Crippen LogP contribution >= 0.6 is 11.3 Å². The summed E-state index contributed by atoms with van der Waals surface area (Å²) in [6.07, 6.45) is 1.54. The van der Waals surface area contributed by atoms with Crippen LogP contribution < -0.4 is 4.74 Å². The van der Waals surface area contributed by atoms with E-state index in [9.17, 15) is 8.42 Å². The fourth-order valence-electron chi connectivity index (χ4n) is 2.55. The molecule has 7 heteroatoms. The molecule has 0 saturated carbocycles. The van der Waals surface area contributed by atoms with E-state index in [1.54, 1.807) is 55.0 Å². The van der Waals surface area contributed by atoms with E-state index in [4.69, 9.17) is 9.15 Å². The zero-order valence-corrected chi connectivity index (χ0v) is 15.6. The molecule has 0 aliphatic rings. The van der Waals surface area contributed by atoms with Crippen molar-refractivity contribution in [2.75, 3.05) is 7.11 Å². The summed E-state index contributed by atoms with van der Waals surface area (Å²) in [6, 6.07) is 10.3. The van der Waals surface area contributed by atoms with E-state index in [2.05, 4.69) is 0 Å². The van der Waals surface area contributed by atoms with Crippen molar-refractivity contribution in [3.8, 4) is 5.75 Å². The Morgan fingerprint density at radius 3 is 2.64 bits per heavy atom. The molecule has 0 unspecified atom stereocenters. The standard InChI is InChI=1S/C18H19NO4S2/c1-14-10-17(5-6-18(14)22-2)25(20,21)19(11-15-7-9-24-13-15)12-16-4-3-8-23-16/h3-10,13H,11-12H2,1-2H3. The van der Waals surface area contributed by atoms with E-state index in [1.165, 1.54) is 4.31 Å². The summed E-state index contributed by atoms with van der Waals surface area (Å²) in [5.74, 6) is 1.26. The van der Waals surface area contributed by atoms with Gasteiger partial charge in [-0.05, 0) is 65.2 Å². The summed E-state index contributed by atoms with van der Waals surface area (Å²) in [5, 5.41) is 3.88. The number of ether oxygens (including phenoxy) is 1. The van der Waals surface area contributed by atoms with Crippen LogP contribution in [0.3, 0.4) is 0 Å². The fourth-order valence-corrected chi connectivity index (χ4v) is 4.69. The molecule has 0 amide bonds. The third kappa shape index (κ3) is 3.95. The van der Waals surface area contributed by atoms with E-state index in [-0.39, 0.29) is 18.0 Å². The number of methoxy groups -OCH3 is 1. The number of aryl methyl sites for hydroxylation is 1. The summed E-state index contributed by atoms with van der Waals surface area (Å²) in [6.45, 7) is 2.29. The highest BCUT2D eigenvalue weighted by Gasteiger charge is 2.26. The van der Waals surface area contributed by atoms with Crippen molar-refractivity contribution < 1.29 is 17.6 Å². The van der Waals surface area contributed by atoms with Gasteiger partial charge in [0, 0.05) is 6.54 Å². The molecule has 25 heavy (non-hydrogen) atoms. The number of hydrogen-bond donors (Lipinski definition) is 0. The average Bonchev–Trinajstić information content (AvgIpc) is 3.28. The van der Waals surface area contributed by atoms with Gasteiger partial charge in [-0.1, -0.05) is 0 Å². The van der Waals surface area contributed by atoms with E-state index >= 15 is 0 Å². The van der Waals surface area contributed by atoms with Crippen LogP contribution in [-0.4, -0.2) is 19.8 Å². The van der Waals surface area contributed by atoms with Crippen molar-refractivity contribution in [2.45, 2.75) is 24.9 Å². The second-order valence-electron chi connectivity index (χ2n) is 5.62. The Bertz CT molecular complexity index is 880. The molecule has 1 aromatic carbocycles. The van der Waals surface area contributed by atoms with Gasteiger partial charge < -0.3 is 9.15 Å². The molecule has 3 aromatic rings. The number of benzene rings is 1. The van der Waals surface area contributed by atoms with Crippen molar-refractivity contribution in [2.24, 2.45) is 0 Å². The van der Waals surface area contributed by atoms with Crippen molar-refractivity contribution in [1.29, 1.82) is 0 Å². The van der Waals surface area contributed by atoms with Gasteiger partial charge in [0.05, 0.1) is 24.8 Å². The van der Waals surface area contributed by atoms with Crippen LogP contribution in [0.5, 0.6) is 5.75 Å². The molecule has 5 nitrogen and oxygen atoms in total. The van der Waals surface area contributed by atoms with Gasteiger partial charge in [0.15, 0.2) is 0 Å². The molecular formula is C18H19NO4S2. The second kappa shape index (κ2) is 7.43. The maximum atomic E-state index is 13.2. The van der Waals surface area contributed by atoms with E-state index in [1.807, 2.05) is 23.8 Å². The molecule has 132 valence electrons. The molecule has 0 spiro atoms. The van der Waals surface area contributed by atoms with Crippen LogP contribution in [0.1, 0.15) is 16.9 Å². The Morgan fingerprint density at radius 2 is 2.04 bits per heavy atom. The summed E-state index contributed by atoms with van der Waals surface area (Å²) < 4.78 is 38.4. The summed E-state index contributed by atoms with van der Waals surface area (Å²) in [4.78, 5) is 0.243. The van der Waals surface area contributed by atoms with Gasteiger partial charge in [0.25, 0.3) is 0 Å². The highest BCUT2D eigenvalue weighted by atomic mass is 32.2. The minimum Gasteiger partial charge on any atom is -0.496 e. The van der Waals surface area contributed by atoms with Crippen molar-refractivity contribution in [3.63, 3.8) is 0 Å². The van der Waals surface area contributed by atoms with Gasteiger partial charge >= 0.3 is 0 Å². The largest absolute Gasteiger partial charge is 0.496 e. The van der Waals surface area contributed by atoms with Gasteiger partial charge in [-0.25, -0.2) is 8.42 Å². The summed E-state index contributed by atoms with van der Waals surface area (Å²) >= 11 is 1.54. The smallest absolute Gasteiger partial charge is 0.243 e. The van der Waals surface area contributed by atoms with E-state index in [0.29, 0.717) is 11.5 Å². The van der Waals surface area contributed by atoms with Gasteiger partial charge in [-0.3, -0.25) is 0 Å². The van der Waals surface area contributed by atoms with Crippen LogP contribution in [0, 0.1) is 6.92 Å². The van der Waals surface area contributed by atoms with E-state index < -0.39 is 10.0 Å². The van der Waals surface area contributed by atoms with Crippen molar-refractivity contribution >= 4 is 21.4 Å². The Labute approximate surface area is 151 Å². The molecule has 0 N–H and O–H groups in total. The Balaban J connectivity index is 1.96. The first-order valence-corrected chi connectivity index (χ1v) is 10.1. The number of thiophene rings is 1. The first kappa shape index (κ1) is 17.7. The molecule has 2 heterocycles. The van der Waals surface area contributed by atoms with Gasteiger partial charge in [0.1, 0.15) is 11.5 Å². The molecule has 0 bridgehead atoms. The van der Waals surface area contributed by atoms with Crippen LogP contribution in [0.2, 0.25) is 0 Å². The predicted octanol–water partition coefficient (Wildman–Crippen LogP) is 4.05. The average molecular weight is 377 g/mol. The van der Waals surface area contributed by atoms with Crippen LogP contribution in [0.4, 0.5) is 0 Å². The molecule has 0 fully saturated rings. The van der Waals surface area contributed by atoms with E-state index in [0.717, 1.165) is 11.1 Å². The topological polar surface area (TPSA) is 59.8 Å². The van der Waals surface area contributed by atoms with Gasteiger partial charge in [-0.2, -0.15) is 15.6 Å². The first-order chi connectivity index (χ1) is 12.0. The van der Waals surface area contributed by atoms with Crippen LogP contribution in [0.15, 0.2) is 62.7 Å². The third-order valence-electron chi connectivity index (χ3n) is 3.86. The Kier molecular flexibility index (Phi) is 5.27. The zero-order valence-electron chi connectivity index (χ0n) is 14.0. The molecular weight excluding hydrogens is 358 g/mol. The van der Waals surface area contributed by atoms with Crippen molar-refractivity contribution in [3.05, 3.63) is 70.3 Å². The zero-order chi connectivity index (χ0) is 17.9. The van der Waals surface area contributed by atoms with Crippen LogP contribution in [-0.2, 0) is 23.1 Å². The monoisotopic (exact) mass is 377 g/mol. The minimum atomic E-state index is -3.68. The van der Waals surface area contributed by atoms with Gasteiger partial charge in [0.2, 0.25) is 10.0 Å². The highest BCUT2D eigenvalue weighted by molar-refractivity contribution is 7.89. The lowest BCUT2D eigenvalue weighted by atomic mass is 10.2. The quantitative estimate of drug-likeness (QED) is 0.623. The van der Waals surface area contributed by atoms with Crippen molar-refractivity contribution in [1.82, 2.24) is 4.31 Å². The predicted molar refractivity (Wildman–Crippen MR) is 97.2 cm³/mol. The van der Waals surface area contributed by atoms with Gasteiger partial charge in [-0.15, -0.1) is 0 Å². The number of rotatable bonds is 7. The highest BCUT2D eigenvalue weighted by Crippen LogP contribution is 2.26. The second-order valence-corrected chi connectivity index (χ2v) is 8.33. The SMILES string of the molecule is COc1ccc(S(=O)(=O)N(Cc2ccsc2)Cc2ccco2)cc1C. The number of sulfonamides is 1. The molecule has 2 aromatic heterocycles. The Hall–Kier alpha value is -2.09. The third-order valence-corrected chi connectivity index (χ3v) is 6.38. The number of furan rings is 1. The lowest BCUT2D eigenvalue weighted by Gasteiger charge is -2.21. The maximum absolute atomic E-state index is 13.2. The number of nitrogens with zero attached hydrogens (tertiary/aromatic N) is 1.